The Hall–Kier alpha value is -0.890. The summed E-state index contributed by atoms with van der Waals surface area (Å²) in [5.74, 6) is -0.196. The third kappa shape index (κ3) is 5.32. The zero-order valence-corrected chi connectivity index (χ0v) is 12.3. The van der Waals surface area contributed by atoms with Crippen molar-refractivity contribution in [2.75, 3.05) is 0 Å². The number of aliphatic hydroxyl groups is 1. The molecule has 0 unspecified atom stereocenters. The highest BCUT2D eigenvalue weighted by Crippen LogP contribution is 2.20. The van der Waals surface area contributed by atoms with Crippen LogP contribution in [-0.4, -0.2) is 5.11 Å². The second-order valence-corrected chi connectivity index (χ2v) is 5.30. The van der Waals surface area contributed by atoms with Crippen LogP contribution in [-0.2, 0) is 19.4 Å². The van der Waals surface area contributed by atoms with Crippen molar-refractivity contribution in [2.24, 2.45) is 0 Å². The van der Waals surface area contributed by atoms with Gasteiger partial charge in [0.05, 0.1) is 6.61 Å². The second kappa shape index (κ2) is 9.08. The molecule has 1 nitrogen and oxygen atoms in total. The molecule has 108 valence electrons. The lowest BCUT2D eigenvalue weighted by atomic mass is 9.97. The van der Waals surface area contributed by atoms with Gasteiger partial charge in [-0.15, -0.1) is 0 Å². The van der Waals surface area contributed by atoms with E-state index in [9.17, 15) is 9.50 Å². The summed E-state index contributed by atoms with van der Waals surface area (Å²) in [5, 5.41) is 9.27. The second-order valence-electron chi connectivity index (χ2n) is 5.30. The van der Waals surface area contributed by atoms with Gasteiger partial charge in [-0.1, -0.05) is 51.7 Å². The van der Waals surface area contributed by atoms with Crippen LogP contribution in [0.2, 0.25) is 0 Å². The topological polar surface area (TPSA) is 20.2 Å². The van der Waals surface area contributed by atoms with Crippen LogP contribution in [0.15, 0.2) is 12.1 Å². The van der Waals surface area contributed by atoms with Crippen LogP contribution in [0.3, 0.4) is 0 Å². The smallest absolute Gasteiger partial charge is 0.131 e. The minimum Gasteiger partial charge on any atom is -0.392 e. The van der Waals surface area contributed by atoms with Gasteiger partial charge in [0.2, 0.25) is 0 Å². The highest BCUT2D eigenvalue weighted by Gasteiger charge is 2.10. The number of aliphatic hydroxyl groups excluding tert-OH is 1. The van der Waals surface area contributed by atoms with Gasteiger partial charge in [0.25, 0.3) is 0 Å². The SMILES string of the molecule is CCCCCc1cc(CO)c(F)c(CCCCC)c1. The number of hydrogen-bond donors (Lipinski definition) is 1. The van der Waals surface area contributed by atoms with E-state index in [0.717, 1.165) is 44.1 Å². The Balaban J connectivity index is 2.78. The van der Waals surface area contributed by atoms with Crippen molar-refractivity contribution in [3.8, 4) is 0 Å². The lowest BCUT2D eigenvalue weighted by Gasteiger charge is -2.11. The molecule has 1 aromatic rings. The van der Waals surface area contributed by atoms with E-state index < -0.39 is 0 Å². The van der Waals surface area contributed by atoms with E-state index in [2.05, 4.69) is 13.8 Å². The predicted molar refractivity (Wildman–Crippen MR) is 78.8 cm³/mol. The van der Waals surface area contributed by atoms with Gasteiger partial charge in [0, 0.05) is 5.56 Å². The Morgan fingerprint density at radius 2 is 1.47 bits per heavy atom. The Morgan fingerprint density at radius 1 is 0.895 bits per heavy atom. The van der Waals surface area contributed by atoms with Crippen molar-refractivity contribution < 1.29 is 9.50 Å². The van der Waals surface area contributed by atoms with Crippen molar-refractivity contribution in [1.29, 1.82) is 0 Å². The molecule has 0 radical (unpaired) electrons. The van der Waals surface area contributed by atoms with Crippen molar-refractivity contribution in [3.05, 3.63) is 34.6 Å². The number of benzene rings is 1. The predicted octanol–water partition coefficient (Wildman–Crippen LogP) is 4.78. The number of hydrogen-bond acceptors (Lipinski definition) is 1. The Kier molecular flexibility index (Phi) is 7.73. The maximum atomic E-state index is 14.1. The zero-order valence-electron chi connectivity index (χ0n) is 12.3. The summed E-state index contributed by atoms with van der Waals surface area (Å²) < 4.78 is 14.1. The molecule has 1 aromatic carbocycles. The largest absolute Gasteiger partial charge is 0.392 e. The summed E-state index contributed by atoms with van der Waals surface area (Å²) in [6.45, 7) is 4.13. The van der Waals surface area contributed by atoms with Crippen LogP contribution in [0.25, 0.3) is 0 Å². The molecule has 0 aliphatic carbocycles. The van der Waals surface area contributed by atoms with Crippen molar-refractivity contribution >= 4 is 0 Å². The average molecular weight is 266 g/mol. The van der Waals surface area contributed by atoms with Gasteiger partial charge in [-0.3, -0.25) is 0 Å². The van der Waals surface area contributed by atoms with E-state index in [1.165, 1.54) is 18.4 Å². The first-order valence-electron chi connectivity index (χ1n) is 7.63. The first-order chi connectivity index (χ1) is 9.22. The minimum absolute atomic E-state index is 0.196. The standard InChI is InChI=1S/C17H27FO/c1-3-5-7-9-14-11-15(10-8-6-4-2)17(18)16(12-14)13-19/h11-12,19H,3-10,13H2,1-2H3. The van der Waals surface area contributed by atoms with Crippen molar-refractivity contribution in [1.82, 2.24) is 0 Å². The molecule has 0 heterocycles. The highest BCUT2D eigenvalue weighted by molar-refractivity contribution is 5.32. The van der Waals surface area contributed by atoms with Crippen LogP contribution in [0.5, 0.6) is 0 Å². The zero-order chi connectivity index (χ0) is 14.1. The maximum absolute atomic E-state index is 14.1. The Morgan fingerprint density at radius 3 is 2.05 bits per heavy atom. The average Bonchev–Trinajstić information content (AvgIpc) is 2.42. The fraction of sp³-hybridized carbons (Fsp3) is 0.647. The molecule has 19 heavy (non-hydrogen) atoms. The van der Waals surface area contributed by atoms with Gasteiger partial charge < -0.3 is 5.11 Å². The van der Waals surface area contributed by atoms with Crippen LogP contribution in [0.1, 0.15) is 69.1 Å². The van der Waals surface area contributed by atoms with E-state index in [4.69, 9.17) is 0 Å². The summed E-state index contributed by atoms with van der Waals surface area (Å²) in [4.78, 5) is 0. The fourth-order valence-corrected chi connectivity index (χ4v) is 2.41. The van der Waals surface area contributed by atoms with Crippen molar-refractivity contribution in [3.63, 3.8) is 0 Å². The van der Waals surface area contributed by atoms with Crippen LogP contribution in [0.4, 0.5) is 4.39 Å². The summed E-state index contributed by atoms with van der Waals surface area (Å²) in [6, 6.07) is 3.83. The number of rotatable bonds is 9. The van der Waals surface area contributed by atoms with E-state index in [0.29, 0.717) is 5.56 Å². The normalized spacial score (nSPS) is 10.9. The first-order valence-corrected chi connectivity index (χ1v) is 7.63. The molecular weight excluding hydrogens is 239 g/mol. The summed E-state index contributed by atoms with van der Waals surface area (Å²) in [7, 11) is 0. The van der Waals surface area contributed by atoms with E-state index >= 15 is 0 Å². The van der Waals surface area contributed by atoms with E-state index in [1.54, 1.807) is 0 Å². The monoisotopic (exact) mass is 266 g/mol. The Labute approximate surface area is 116 Å². The molecule has 1 rings (SSSR count). The van der Waals surface area contributed by atoms with Gasteiger partial charge in [0.15, 0.2) is 0 Å². The lowest BCUT2D eigenvalue weighted by Crippen LogP contribution is -2.01. The Bertz CT molecular complexity index is 374. The molecule has 0 fully saturated rings. The highest BCUT2D eigenvalue weighted by atomic mass is 19.1. The van der Waals surface area contributed by atoms with Gasteiger partial charge in [-0.2, -0.15) is 0 Å². The quantitative estimate of drug-likeness (QED) is 0.637. The van der Waals surface area contributed by atoms with Gasteiger partial charge >= 0.3 is 0 Å². The molecule has 0 aliphatic heterocycles. The molecule has 0 aliphatic rings. The molecule has 0 amide bonds. The molecule has 1 N–H and O–H groups in total. The van der Waals surface area contributed by atoms with Crippen LogP contribution in [0, 0.1) is 5.82 Å². The lowest BCUT2D eigenvalue weighted by molar-refractivity contribution is 0.275. The number of unbranched alkanes of at least 4 members (excludes halogenated alkanes) is 4. The van der Waals surface area contributed by atoms with Crippen LogP contribution < -0.4 is 0 Å². The molecule has 0 atom stereocenters. The molecule has 0 bridgehead atoms. The molecule has 0 aromatic heterocycles. The molecular formula is C17H27FO. The summed E-state index contributed by atoms with van der Waals surface area (Å²) >= 11 is 0. The number of aryl methyl sites for hydroxylation is 2. The van der Waals surface area contributed by atoms with Gasteiger partial charge in [0.1, 0.15) is 5.82 Å². The van der Waals surface area contributed by atoms with Crippen molar-refractivity contribution in [2.45, 2.75) is 71.8 Å². The van der Waals surface area contributed by atoms with Crippen LogP contribution >= 0.6 is 0 Å². The summed E-state index contributed by atoms with van der Waals surface area (Å²) in [6.07, 6.45) is 8.61. The third-order valence-corrected chi connectivity index (χ3v) is 3.57. The van der Waals surface area contributed by atoms with E-state index in [1.807, 2.05) is 12.1 Å². The maximum Gasteiger partial charge on any atom is 0.131 e. The minimum atomic E-state index is -0.200. The third-order valence-electron chi connectivity index (χ3n) is 3.57. The number of halogens is 1. The first kappa shape index (κ1) is 16.2. The van der Waals surface area contributed by atoms with Gasteiger partial charge in [-0.05, 0) is 36.8 Å². The van der Waals surface area contributed by atoms with E-state index in [-0.39, 0.29) is 12.4 Å². The van der Waals surface area contributed by atoms with Gasteiger partial charge in [-0.25, -0.2) is 4.39 Å². The molecule has 0 spiro atoms. The molecule has 0 saturated carbocycles. The molecule has 2 heteroatoms. The fourth-order valence-electron chi connectivity index (χ4n) is 2.41. The summed E-state index contributed by atoms with van der Waals surface area (Å²) in [5.41, 5.74) is 2.41. The molecule has 0 saturated heterocycles.